The quantitative estimate of drug-likeness (QED) is 0.522. The molecule has 2 aromatic carbocycles. The van der Waals surface area contributed by atoms with Crippen LogP contribution in [0, 0.1) is 0 Å². The van der Waals surface area contributed by atoms with E-state index in [-0.39, 0.29) is 5.28 Å². The van der Waals surface area contributed by atoms with Crippen LogP contribution in [0.25, 0.3) is 22.2 Å². The van der Waals surface area contributed by atoms with Crippen LogP contribution in [0.3, 0.4) is 0 Å². The predicted molar refractivity (Wildman–Crippen MR) is 100 cm³/mol. The number of nitrogens with zero attached hydrogens (tertiary/aromatic N) is 3. The molecule has 130 valence electrons. The largest absolute Gasteiger partial charge is 0.497 e. The average molecular weight is 367 g/mol. The molecule has 0 aliphatic carbocycles. The highest BCUT2D eigenvalue weighted by molar-refractivity contribution is 6.28. The molecule has 1 N–H and O–H groups in total. The minimum Gasteiger partial charge on any atom is -0.497 e. The Morgan fingerprint density at radius 2 is 1.88 bits per heavy atom. The van der Waals surface area contributed by atoms with E-state index in [1.807, 2.05) is 54.6 Å². The molecule has 26 heavy (non-hydrogen) atoms. The Morgan fingerprint density at radius 1 is 1.08 bits per heavy atom. The van der Waals surface area contributed by atoms with Gasteiger partial charge in [0.2, 0.25) is 5.28 Å². The third kappa shape index (κ3) is 3.32. The number of fused-ring (bicyclic) bond motifs is 1. The zero-order chi connectivity index (χ0) is 17.9. The third-order valence-corrected chi connectivity index (χ3v) is 4.12. The van der Waals surface area contributed by atoms with E-state index in [4.69, 9.17) is 20.9 Å². The summed E-state index contributed by atoms with van der Waals surface area (Å²) in [7, 11) is 1.64. The number of methoxy groups -OCH3 is 1. The summed E-state index contributed by atoms with van der Waals surface area (Å²) in [4.78, 5) is 8.49. The molecule has 0 amide bonds. The molecule has 0 saturated heterocycles. The molecule has 0 spiro atoms. The van der Waals surface area contributed by atoms with E-state index in [0.29, 0.717) is 18.1 Å². The lowest BCUT2D eigenvalue weighted by Gasteiger charge is -2.07. The van der Waals surface area contributed by atoms with Crippen molar-refractivity contribution in [2.45, 2.75) is 6.54 Å². The highest BCUT2D eigenvalue weighted by Crippen LogP contribution is 2.24. The molecule has 0 aliphatic heterocycles. The van der Waals surface area contributed by atoms with Gasteiger partial charge in [-0.3, -0.25) is 0 Å². The highest BCUT2D eigenvalue weighted by Gasteiger charge is 2.10. The smallest absolute Gasteiger partial charge is 0.224 e. The maximum atomic E-state index is 6.01. The van der Waals surface area contributed by atoms with Crippen molar-refractivity contribution >= 4 is 28.3 Å². The number of nitrogens with one attached hydrogen (secondary N) is 1. The number of benzene rings is 2. The second-order valence-corrected chi connectivity index (χ2v) is 5.96. The van der Waals surface area contributed by atoms with Gasteiger partial charge in [0.25, 0.3) is 0 Å². The van der Waals surface area contributed by atoms with E-state index in [9.17, 15) is 0 Å². The Morgan fingerprint density at radius 3 is 2.69 bits per heavy atom. The van der Waals surface area contributed by atoms with Gasteiger partial charge < -0.3 is 14.6 Å². The molecular weight excluding hydrogens is 352 g/mol. The first-order chi connectivity index (χ1) is 12.7. The molecule has 4 aromatic rings. The Bertz CT molecular complexity index is 1050. The Balaban J connectivity index is 1.53. The second-order valence-electron chi connectivity index (χ2n) is 5.62. The molecule has 2 heterocycles. The third-order valence-electron chi connectivity index (χ3n) is 3.95. The lowest BCUT2D eigenvalue weighted by atomic mass is 10.1. The first-order valence-corrected chi connectivity index (χ1v) is 8.37. The van der Waals surface area contributed by atoms with E-state index in [2.05, 4.69) is 20.4 Å². The summed E-state index contributed by atoms with van der Waals surface area (Å²) in [5, 5.41) is 8.45. The standard InChI is InChI=1S/C19H15ClN4O2/c1-25-13-8-6-12(7-9-13)17-10-14(26-24-17)11-21-18-15-4-2-3-5-16(15)22-19(20)23-18/h2-10H,11H2,1H3,(H,21,22,23). The van der Waals surface area contributed by atoms with Crippen molar-refractivity contribution in [1.29, 1.82) is 0 Å². The number of rotatable bonds is 5. The number of anilines is 1. The number of ether oxygens (including phenoxy) is 1. The fourth-order valence-corrected chi connectivity index (χ4v) is 2.82. The van der Waals surface area contributed by atoms with Crippen LogP contribution in [-0.2, 0) is 6.54 Å². The van der Waals surface area contributed by atoms with Gasteiger partial charge in [-0.05, 0) is 48.0 Å². The molecule has 0 atom stereocenters. The summed E-state index contributed by atoms with van der Waals surface area (Å²) < 4.78 is 10.6. The number of aromatic nitrogens is 3. The van der Waals surface area contributed by atoms with Gasteiger partial charge in [0.1, 0.15) is 17.3 Å². The zero-order valence-corrected chi connectivity index (χ0v) is 14.7. The van der Waals surface area contributed by atoms with Crippen molar-refractivity contribution in [2.75, 3.05) is 12.4 Å². The Labute approximate surface area is 154 Å². The molecule has 0 fully saturated rings. The lowest BCUT2D eigenvalue weighted by molar-refractivity contribution is 0.390. The van der Waals surface area contributed by atoms with Gasteiger partial charge >= 0.3 is 0 Å². The molecule has 0 bridgehead atoms. The predicted octanol–water partition coefficient (Wildman–Crippen LogP) is 4.56. The van der Waals surface area contributed by atoms with Gasteiger partial charge in [0.05, 0.1) is 19.2 Å². The molecule has 0 aliphatic rings. The Kier molecular flexibility index (Phi) is 4.41. The molecule has 0 unspecified atom stereocenters. The lowest BCUT2D eigenvalue weighted by Crippen LogP contribution is -2.02. The van der Waals surface area contributed by atoms with Gasteiger partial charge in [-0.1, -0.05) is 17.3 Å². The monoisotopic (exact) mass is 366 g/mol. The van der Waals surface area contributed by atoms with E-state index in [1.165, 1.54) is 0 Å². The van der Waals surface area contributed by atoms with Crippen molar-refractivity contribution in [1.82, 2.24) is 15.1 Å². The fraction of sp³-hybridized carbons (Fsp3) is 0.105. The Hall–Kier alpha value is -3.12. The minimum absolute atomic E-state index is 0.197. The highest BCUT2D eigenvalue weighted by atomic mass is 35.5. The molecule has 0 radical (unpaired) electrons. The first kappa shape index (κ1) is 16.4. The summed E-state index contributed by atoms with van der Waals surface area (Å²) in [5.74, 6) is 2.14. The fourth-order valence-electron chi connectivity index (χ4n) is 2.65. The summed E-state index contributed by atoms with van der Waals surface area (Å²) >= 11 is 6.01. The van der Waals surface area contributed by atoms with Crippen LogP contribution in [0.2, 0.25) is 5.28 Å². The topological polar surface area (TPSA) is 73.1 Å². The van der Waals surface area contributed by atoms with E-state index in [0.717, 1.165) is 27.9 Å². The van der Waals surface area contributed by atoms with Crippen molar-refractivity contribution in [2.24, 2.45) is 0 Å². The summed E-state index contributed by atoms with van der Waals surface area (Å²) in [6.45, 7) is 0.431. The molecule has 6 nitrogen and oxygen atoms in total. The minimum atomic E-state index is 0.197. The van der Waals surface area contributed by atoms with Gasteiger partial charge in [-0.2, -0.15) is 0 Å². The molecule has 0 saturated carbocycles. The van der Waals surface area contributed by atoms with Gasteiger partial charge in [-0.25, -0.2) is 9.97 Å². The van der Waals surface area contributed by atoms with E-state index >= 15 is 0 Å². The molecule has 7 heteroatoms. The van der Waals surface area contributed by atoms with E-state index < -0.39 is 0 Å². The van der Waals surface area contributed by atoms with Crippen molar-refractivity contribution in [3.63, 3.8) is 0 Å². The van der Waals surface area contributed by atoms with Crippen molar-refractivity contribution in [3.05, 3.63) is 65.6 Å². The summed E-state index contributed by atoms with van der Waals surface area (Å²) in [6.07, 6.45) is 0. The van der Waals surface area contributed by atoms with Gasteiger partial charge in [-0.15, -0.1) is 0 Å². The maximum Gasteiger partial charge on any atom is 0.224 e. The van der Waals surface area contributed by atoms with Crippen LogP contribution in [-0.4, -0.2) is 22.2 Å². The van der Waals surface area contributed by atoms with Crippen molar-refractivity contribution < 1.29 is 9.26 Å². The van der Waals surface area contributed by atoms with Crippen LogP contribution in [0.5, 0.6) is 5.75 Å². The maximum absolute atomic E-state index is 6.01. The molecular formula is C19H15ClN4O2. The normalized spacial score (nSPS) is 10.8. The zero-order valence-electron chi connectivity index (χ0n) is 13.9. The second kappa shape index (κ2) is 7.01. The van der Waals surface area contributed by atoms with Crippen LogP contribution >= 0.6 is 11.6 Å². The van der Waals surface area contributed by atoms with Gasteiger partial charge in [0, 0.05) is 17.0 Å². The number of para-hydroxylation sites is 1. The van der Waals surface area contributed by atoms with Crippen LogP contribution in [0.1, 0.15) is 5.76 Å². The SMILES string of the molecule is COc1ccc(-c2cc(CNc3nc(Cl)nc4ccccc34)on2)cc1. The van der Waals surface area contributed by atoms with Crippen LogP contribution < -0.4 is 10.1 Å². The van der Waals surface area contributed by atoms with E-state index in [1.54, 1.807) is 7.11 Å². The number of halogens is 1. The molecule has 2 aromatic heterocycles. The summed E-state index contributed by atoms with van der Waals surface area (Å²) in [5.41, 5.74) is 2.50. The van der Waals surface area contributed by atoms with Crippen LogP contribution in [0.4, 0.5) is 5.82 Å². The average Bonchev–Trinajstić information content (AvgIpc) is 3.15. The number of hydrogen-bond acceptors (Lipinski definition) is 6. The van der Waals surface area contributed by atoms with Crippen molar-refractivity contribution in [3.8, 4) is 17.0 Å². The van der Waals surface area contributed by atoms with Crippen LogP contribution in [0.15, 0.2) is 59.1 Å². The molecule has 4 rings (SSSR count). The number of hydrogen-bond donors (Lipinski definition) is 1. The first-order valence-electron chi connectivity index (χ1n) is 7.99. The summed E-state index contributed by atoms with van der Waals surface area (Å²) in [6, 6.07) is 17.2. The van der Waals surface area contributed by atoms with Gasteiger partial charge in [0.15, 0.2) is 5.76 Å².